The Morgan fingerprint density at radius 1 is 1.16 bits per heavy atom. The summed E-state index contributed by atoms with van der Waals surface area (Å²) in [6.07, 6.45) is 3.98. The van der Waals surface area contributed by atoms with E-state index in [9.17, 15) is 4.79 Å². The molecule has 1 aromatic carbocycles. The van der Waals surface area contributed by atoms with Crippen LogP contribution in [-0.2, 0) is 19.5 Å². The molecule has 5 nitrogen and oxygen atoms in total. The molecule has 0 fully saturated rings. The maximum atomic E-state index is 12.6. The predicted octanol–water partition coefficient (Wildman–Crippen LogP) is 3.06. The number of hydrogen-bond acceptors (Lipinski definition) is 4. The lowest BCUT2D eigenvalue weighted by Crippen LogP contribution is -2.36. The summed E-state index contributed by atoms with van der Waals surface area (Å²) < 4.78 is 1.08. The molecule has 25 heavy (non-hydrogen) atoms. The second-order valence-corrected chi connectivity index (χ2v) is 7.63. The van der Waals surface area contributed by atoms with Crippen LogP contribution in [0.4, 0.5) is 0 Å². The minimum absolute atomic E-state index is 0.00576. The highest BCUT2D eigenvalue weighted by Crippen LogP contribution is 2.19. The van der Waals surface area contributed by atoms with E-state index in [0.29, 0.717) is 12.4 Å². The summed E-state index contributed by atoms with van der Waals surface area (Å²) in [4.78, 5) is 27.1. The summed E-state index contributed by atoms with van der Waals surface area (Å²) in [6.45, 7) is 3.27. The predicted molar refractivity (Wildman–Crippen MR) is 102 cm³/mol. The van der Waals surface area contributed by atoms with Gasteiger partial charge >= 0.3 is 0 Å². The van der Waals surface area contributed by atoms with Crippen molar-refractivity contribution in [2.45, 2.75) is 38.8 Å². The lowest BCUT2D eigenvalue weighted by Gasteiger charge is -2.28. The van der Waals surface area contributed by atoms with E-state index in [1.807, 2.05) is 0 Å². The van der Waals surface area contributed by atoms with Crippen LogP contribution in [0, 0.1) is 0 Å². The third-order valence-corrected chi connectivity index (χ3v) is 5.39. The fourth-order valence-electron chi connectivity index (χ4n) is 3.49. The van der Waals surface area contributed by atoms with E-state index in [0.717, 1.165) is 66.8 Å². The number of fused-ring (bicyclic) bond motifs is 1. The average molecular weight is 401 g/mol. The van der Waals surface area contributed by atoms with E-state index in [1.165, 1.54) is 5.56 Å². The SMILES string of the molecule is O=c1[nH]c(C2=NCCCC2)nc2c1CN(Cc1ccc(Br)cc1)CC2. The van der Waals surface area contributed by atoms with Crippen LogP contribution in [0.15, 0.2) is 38.5 Å². The van der Waals surface area contributed by atoms with Crippen LogP contribution in [0.2, 0.25) is 0 Å². The first kappa shape index (κ1) is 16.7. The number of aliphatic imine (C=N–C) groups is 1. The number of nitrogens with zero attached hydrogens (tertiary/aromatic N) is 3. The minimum Gasteiger partial charge on any atom is -0.305 e. The Morgan fingerprint density at radius 2 is 2.00 bits per heavy atom. The molecule has 4 rings (SSSR count). The number of aromatic nitrogens is 2. The third kappa shape index (κ3) is 3.75. The van der Waals surface area contributed by atoms with E-state index < -0.39 is 0 Å². The molecule has 2 aliphatic heterocycles. The number of halogens is 1. The summed E-state index contributed by atoms with van der Waals surface area (Å²) in [5.41, 5.74) is 3.96. The second kappa shape index (κ2) is 7.22. The average Bonchev–Trinajstić information content (AvgIpc) is 2.65. The number of H-pyrrole nitrogens is 1. The topological polar surface area (TPSA) is 61.4 Å². The van der Waals surface area contributed by atoms with Gasteiger partial charge in [-0.1, -0.05) is 28.1 Å². The Balaban J connectivity index is 1.54. The summed E-state index contributed by atoms with van der Waals surface area (Å²) in [7, 11) is 0. The highest BCUT2D eigenvalue weighted by Gasteiger charge is 2.22. The lowest BCUT2D eigenvalue weighted by atomic mass is 10.0. The van der Waals surface area contributed by atoms with Gasteiger partial charge in [0.25, 0.3) is 5.56 Å². The van der Waals surface area contributed by atoms with Crippen molar-refractivity contribution < 1.29 is 0 Å². The lowest BCUT2D eigenvalue weighted by molar-refractivity contribution is 0.241. The van der Waals surface area contributed by atoms with Gasteiger partial charge in [-0.15, -0.1) is 0 Å². The molecule has 0 aliphatic carbocycles. The smallest absolute Gasteiger partial charge is 0.255 e. The van der Waals surface area contributed by atoms with Gasteiger partial charge in [0.15, 0.2) is 5.82 Å². The first-order valence-electron chi connectivity index (χ1n) is 8.81. The van der Waals surface area contributed by atoms with Crippen LogP contribution < -0.4 is 5.56 Å². The van der Waals surface area contributed by atoms with Crippen LogP contribution in [0.25, 0.3) is 0 Å². The molecule has 0 unspecified atom stereocenters. The van der Waals surface area contributed by atoms with Crippen LogP contribution in [0.5, 0.6) is 0 Å². The van der Waals surface area contributed by atoms with Gasteiger partial charge < -0.3 is 4.98 Å². The molecule has 0 saturated heterocycles. The van der Waals surface area contributed by atoms with Crippen LogP contribution >= 0.6 is 15.9 Å². The van der Waals surface area contributed by atoms with E-state index in [1.54, 1.807) is 0 Å². The van der Waals surface area contributed by atoms with Crippen molar-refractivity contribution in [2.75, 3.05) is 13.1 Å². The van der Waals surface area contributed by atoms with Crippen molar-refractivity contribution in [1.29, 1.82) is 0 Å². The normalized spacial score (nSPS) is 17.9. The summed E-state index contributed by atoms with van der Waals surface area (Å²) in [6, 6.07) is 8.34. The summed E-state index contributed by atoms with van der Waals surface area (Å²) >= 11 is 3.46. The molecular formula is C19H21BrN4O. The molecule has 0 amide bonds. The van der Waals surface area contributed by atoms with Gasteiger partial charge in [-0.05, 0) is 37.0 Å². The fourth-order valence-corrected chi connectivity index (χ4v) is 3.76. The van der Waals surface area contributed by atoms with Crippen LogP contribution in [-0.4, -0.2) is 33.7 Å². The molecule has 0 radical (unpaired) electrons. The molecule has 2 aromatic rings. The van der Waals surface area contributed by atoms with Gasteiger partial charge in [-0.3, -0.25) is 14.7 Å². The zero-order valence-electron chi connectivity index (χ0n) is 14.1. The fraction of sp³-hybridized carbons (Fsp3) is 0.421. The highest BCUT2D eigenvalue weighted by molar-refractivity contribution is 9.10. The quantitative estimate of drug-likeness (QED) is 0.860. The molecular weight excluding hydrogens is 380 g/mol. The molecule has 1 aromatic heterocycles. The molecule has 0 spiro atoms. The molecule has 6 heteroatoms. The largest absolute Gasteiger partial charge is 0.305 e. The second-order valence-electron chi connectivity index (χ2n) is 6.71. The number of aromatic amines is 1. The van der Waals surface area contributed by atoms with Crippen LogP contribution in [0.3, 0.4) is 0 Å². The standard InChI is InChI=1S/C19H21BrN4O/c20-14-6-4-13(5-7-14)11-24-10-8-16-15(12-24)19(25)23-18(22-16)17-3-1-2-9-21-17/h4-7H,1-3,8-12H2,(H,22,23,25). The van der Waals surface area contributed by atoms with Crippen molar-refractivity contribution in [3.05, 3.63) is 61.7 Å². The molecule has 3 heterocycles. The minimum atomic E-state index is -0.00576. The van der Waals surface area contributed by atoms with Gasteiger partial charge in [0.05, 0.1) is 17.0 Å². The van der Waals surface area contributed by atoms with E-state index >= 15 is 0 Å². The maximum Gasteiger partial charge on any atom is 0.255 e. The first-order chi connectivity index (χ1) is 12.2. The summed E-state index contributed by atoms with van der Waals surface area (Å²) in [5, 5.41) is 0. The van der Waals surface area contributed by atoms with Crippen molar-refractivity contribution in [2.24, 2.45) is 4.99 Å². The molecule has 130 valence electrons. The van der Waals surface area contributed by atoms with Gasteiger partial charge in [-0.25, -0.2) is 4.98 Å². The Labute approximate surface area is 155 Å². The number of hydrogen-bond donors (Lipinski definition) is 1. The van der Waals surface area contributed by atoms with Gasteiger partial charge in [0, 0.05) is 37.1 Å². The third-order valence-electron chi connectivity index (χ3n) is 4.86. The molecule has 0 bridgehead atoms. The van der Waals surface area contributed by atoms with E-state index in [4.69, 9.17) is 4.98 Å². The highest BCUT2D eigenvalue weighted by atomic mass is 79.9. The van der Waals surface area contributed by atoms with Gasteiger partial charge in [0.2, 0.25) is 0 Å². The number of benzene rings is 1. The van der Waals surface area contributed by atoms with E-state index in [-0.39, 0.29) is 5.56 Å². The Kier molecular flexibility index (Phi) is 4.81. The molecule has 0 saturated carbocycles. The maximum absolute atomic E-state index is 12.6. The summed E-state index contributed by atoms with van der Waals surface area (Å²) in [5.74, 6) is 0.685. The van der Waals surface area contributed by atoms with Crippen molar-refractivity contribution in [3.63, 3.8) is 0 Å². The molecule has 0 atom stereocenters. The van der Waals surface area contributed by atoms with Gasteiger partial charge in [0.1, 0.15) is 0 Å². The first-order valence-corrected chi connectivity index (χ1v) is 9.61. The van der Waals surface area contributed by atoms with Crippen molar-refractivity contribution in [1.82, 2.24) is 14.9 Å². The molecule has 1 N–H and O–H groups in total. The number of nitrogens with one attached hydrogen (secondary N) is 1. The zero-order valence-corrected chi connectivity index (χ0v) is 15.7. The Hall–Kier alpha value is -1.79. The van der Waals surface area contributed by atoms with E-state index in [2.05, 4.69) is 55.1 Å². The molecule has 2 aliphatic rings. The Bertz CT molecular complexity index is 857. The van der Waals surface area contributed by atoms with Crippen molar-refractivity contribution >= 4 is 21.6 Å². The van der Waals surface area contributed by atoms with Crippen LogP contribution in [0.1, 0.15) is 41.9 Å². The van der Waals surface area contributed by atoms with Crippen molar-refractivity contribution in [3.8, 4) is 0 Å². The number of rotatable bonds is 3. The zero-order chi connectivity index (χ0) is 17.2. The van der Waals surface area contributed by atoms with Gasteiger partial charge in [-0.2, -0.15) is 0 Å². The Morgan fingerprint density at radius 3 is 2.76 bits per heavy atom. The monoisotopic (exact) mass is 400 g/mol.